The maximum atomic E-state index is 13.8. The Morgan fingerprint density at radius 2 is 1.63 bits per heavy atom. The van der Waals surface area contributed by atoms with Gasteiger partial charge in [0.15, 0.2) is 0 Å². The fraction of sp³-hybridized carbons (Fsp3) is 0.367. The van der Waals surface area contributed by atoms with E-state index in [0.717, 1.165) is 34.7 Å². The van der Waals surface area contributed by atoms with Crippen molar-refractivity contribution in [1.29, 1.82) is 0 Å². The summed E-state index contributed by atoms with van der Waals surface area (Å²) in [5.74, 6) is -1.76. The van der Waals surface area contributed by atoms with Gasteiger partial charge >= 0.3 is 5.97 Å². The van der Waals surface area contributed by atoms with Gasteiger partial charge in [-0.3, -0.25) is 9.59 Å². The number of hydrogen-bond donors (Lipinski definition) is 2. The summed E-state index contributed by atoms with van der Waals surface area (Å²) in [6, 6.07) is 16.9. The van der Waals surface area contributed by atoms with E-state index in [9.17, 15) is 23.9 Å². The summed E-state index contributed by atoms with van der Waals surface area (Å²) < 4.78 is 13.3. The van der Waals surface area contributed by atoms with E-state index >= 15 is 0 Å². The lowest BCUT2D eigenvalue weighted by molar-refractivity contribution is -0.160. The average Bonchev–Trinajstić information content (AvgIpc) is 3.73. The zero-order valence-electron chi connectivity index (χ0n) is 21.1. The lowest BCUT2D eigenvalue weighted by atomic mass is 9.96. The summed E-state index contributed by atoms with van der Waals surface area (Å²) in [5.41, 5.74) is 7.83. The Morgan fingerprint density at radius 1 is 0.947 bits per heavy atom. The van der Waals surface area contributed by atoms with E-state index in [0.29, 0.717) is 12.3 Å². The van der Waals surface area contributed by atoms with Crippen molar-refractivity contribution < 1.29 is 23.9 Å². The summed E-state index contributed by atoms with van der Waals surface area (Å²) in [7, 11) is 0. The standard InChI is InChI=1S/C30H32FN3O4/c31-24-11-8-19(9-12-24)16-25(32)28(35)33-13-14-34(29(36)26(33)17-20-5-6-20)27(30(37)38)18-21-7-10-22-3-1-2-4-23(22)15-21/h1-4,7-12,15,20,25-27H,5-6,13-14,16-18,32H2,(H,37,38). The minimum atomic E-state index is -1.07. The van der Waals surface area contributed by atoms with Crippen LogP contribution in [-0.4, -0.2) is 63.9 Å². The highest BCUT2D eigenvalue weighted by molar-refractivity contribution is 5.93. The van der Waals surface area contributed by atoms with Gasteiger partial charge in [-0.1, -0.05) is 67.4 Å². The second-order valence-electron chi connectivity index (χ2n) is 10.4. The lowest BCUT2D eigenvalue weighted by Gasteiger charge is -2.43. The molecule has 5 rings (SSSR count). The quantitative estimate of drug-likeness (QED) is 0.453. The van der Waals surface area contributed by atoms with Gasteiger partial charge in [-0.05, 0) is 52.8 Å². The molecular formula is C30H32FN3O4. The molecule has 0 bridgehead atoms. The molecule has 3 aromatic rings. The van der Waals surface area contributed by atoms with Gasteiger partial charge in [0, 0.05) is 19.5 Å². The Hall–Kier alpha value is -3.78. The van der Waals surface area contributed by atoms with E-state index in [1.54, 1.807) is 17.0 Å². The number of carbonyl (C=O) groups excluding carboxylic acids is 2. The molecule has 2 amide bonds. The van der Waals surface area contributed by atoms with Crippen LogP contribution in [0.2, 0.25) is 0 Å². The van der Waals surface area contributed by atoms with Gasteiger partial charge < -0.3 is 20.6 Å². The zero-order chi connectivity index (χ0) is 26.8. The number of piperazine rings is 1. The number of nitrogens with two attached hydrogens (primary N) is 1. The Bertz CT molecular complexity index is 1340. The van der Waals surface area contributed by atoms with Gasteiger partial charge in [0.1, 0.15) is 17.9 Å². The molecule has 1 aliphatic heterocycles. The molecule has 1 heterocycles. The van der Waals surface area contributed by atoms with Crippen molar-refractivity contribution in [2.45, 2.75) is 50.2 Å². The lowest BCUT2D eigenvalue weighted by Crippen LogP contribution is -2.64. The van der Waals surface area contributed by atoms with E-state index in [1.807, 2.05) is 42.5 Å². The largest absolute Gasteiger partial charge is 0.480 e. The van der Waals surface area contributed by atoms with Crippen LogP contribution < -0.4 is 5.73 Å². The number of nitrogens with zero attached hydrogens (tertiary/aromatic N) is 2. The van der Waals surface area contributed by atoms with Crippen LogP contribution in [0, 0.1) is 11.7 Å². The van der Waals surface area contributed by atoms with E-state index in [2.05, 4.69) is 0 Å². The van der Waals surface area contributed by atoms with Crippen LogP contribution in [0.3, 0.4) is 0 Å². The van der Waals surface area contributed by atoms with Crippen molar-refractivity contribution in [3.05, 3.63) is 83.7 Å². The Balaban J connectivity index is 1.33. The Labute approximate surface area is 221 Å². The molecule has 0 radical (unpaired) electrons. The summed E-state index contributed by atoms with van der Waals surface area (Å²) in [6.07, 6.45) is 2.90. The van der Waals surface area contributed by atoms with Crippen LogP contribution in [0.25, 0.3) is 10.8 Å². The van der Waals surface area contributed by atoms with Crippen molar-refractivity contribution in [2.75, 3.05) is 13.1 Å². The first-order valence-electron chi connectivity index (χ1n) is 13.1. The van der Waals surface area contributed by atoms with Crippen LogP contribution in [-0.2, 0) is 27.2 Å². The number of aliphatic carboxylic acids is 1. The molecule has 198 valence electrons. The third-order valence-electron chi connectivity index (χ3n) is 7.65. The molecule has 2 aliphatic rings. The first-order valence-corrected chi connectivity index (χ1v) is 13.1. The minimum Gasteiger partial charge on any atom is -0.480 e. The molecule has 2 fully saturated rings. The Kier molecular flexibility index (Phi) is 7.42. The minimum absolute atomic E-state index is 0.125. The van der Waals surface area contributed by atoms with Crippen LogP contribution >= 0.6 is 0 Å². The maximum Gasteiger partial charge on any atom is 0.326 e. The SMILES string of the molecule is NC(Cc1ccc(F)cc1)C(=O)N1CCN(C(Cc2ccc3ccccc3c2)C(=O)O)C(=O)C1CC1CC1. The summed E-state index contributed by atoms with van der Waals surface area (Å²) in [5, 5.41) is 12.2. The van der Waals surface area contributed by atoms with Gasteiger partial charge in [0.05, 0.1) is 6.04 Å². The maximum absolute atomic E-state index is 13.8. The van der Waals surface area contributed by atoms with Crippen molar-refractivity contribution >= 4 is 28.6 Å². The molecule has 3 aromatic carbocycles. The number of rotatable bonds is 9. The summed E-state index contributed by atoms with van der Waals surface area (Å²) >= 11 is 0. The normalized spacial score (nSPS) is 19.4. The van der Waals surface area contributed by atoms with Gasteiger partial charge in [0.2, 0.25) is 11.8 Å². The molecule has 7 nitrogen and oxygen atoms in total. The van der Waals surface area contributed by atoms with Crippen LogP contribution in [0.15, 0.2) is 66.7 Å². The summed E-state index contributed by atoms with van der Waals surface area (Å²) in [6.45, 7) is 0.347. The zero-order valence-corrected chi connectivity index (χ0v) is 21.1. The predicted octanol–water partition coefficient (Wildman–Crippen LogP) is 3.38. The molecule has 1 aliphatic carbocycles. The predicted molar refractivity (Wildman–Crippen MR) is 142 cm³/mol. The van der Waals surface area contributed by atoms with Crippen LogP contribution in [0.4, 0.5) is 4.39 Å². The van der Waals surface area contributed by atoms with Crippen molar-refractivity contribution in [1.82, 2.24) is 9.80 Å². The molecule has 38 heavy (non-hydrogen) atoms. The molecule has 1 saturated heterocycles. The highest BCUT2D eigenvalue weighted by atomic mass is 19.1. The molecule has 3 atom stereocenters. The highest BCUT2D eigenvalue weighted by Gasteiger charge is 2.44. The number of carboxylic acids is 1. The second-order valence-corrected chi connectivity index (χ2v) is 10.4. The number of benzene rings is 3. The number of hydrogen-bond acceptors (Lipinski definition) is 4. The molecule has 3 N–H and O–H groups in total. The van der Waals surface area contributed by atoms with Crippen molar-refractivity contribution in [3.8, 4) is 0 Å². The van der Waals surface area contributed by atoms with Crippen LogP contribution in [0.1, 0.15) is 30.4 Å². The fourth-order valence-corrected chi connectivity index (χ4v) is 5.37. The average molecular weight is 518 g/mol. The monoisotopic (exact) mass is 517 g/mol. The number of carboxylic acid groups (broad SMARTS) is 1. The molecular weight excluding hydrogens is 485 g/mol. The van der Waals surface area contributed by atoms with Gasteiger partial charge in [-0.15, -0.1) is 0 Å². The second kappa shape index (κ2) is 10.9. The Morgan fingerprint density at radius 3 is 2.32 bits per heavy atom. The smallest absolute Gasteiger partial charge is 0.326 e. The molecule has 0 aromatic heterocycles. The molecule has 3 unspecified atom stereocenters. The number of amides is 2. The third-order valence-corrected chi connectivity index (χ3v) is 7.65. The molecule has 0 spiro atoms. The van der Waals surface area contributed by atoms with E-state index in [1.165, 1.54) is 17.0 Å². The number of halogens is 1. The number of fused-ring (bicyclic) bond motifs is 1. The topological polar surface area (TPSA) is 104 Å². The molecule has 8 heteroatoms. The van der Waals surface area contributed by atoms with Crippen molar-refractivity contribution in [2.24, 2.45) is 11.7 Å². The van der Waals surface area contributed by atoms with E-state index < -0.39 is 24.1 Å². The van der Waals surface area contributed by atoms with Crippen molar-refractivity contribution in [3.63, 3.8) is 0 Å². The van der Waals surface area contributed by atoms with E-state index in [4.69, 9.17) is 5.73 Å². The number of carbonyl (C=O) groups is 3. The first-order chi connectivity index (χ1) is 18.3. The van der Waals surface area contributed by atoms with E-state index in [-0.39, 0.29) is 43.6 Å². The highest BCUT2D eigenvalue weighted by Crippen LogP contribution is 2.36. The first kappa shape index (κ1) is 25.9. The van der Waals surface area contributed by atoms with Gasteiger partial charge in [-0.2, -0.15) is 0 Å². The third kappa shape index (κ3) is 5.70. The summed E-state index contributed by atoms with van der Waals surface area (Å²) in [4.78, 5) is 42.5. The van der Waals surface area contributed by atoms with Gasteiger partial charge in [0.25, 0.3) is 0 Å². The molecule has 1 saturated carbocycles. The fourth-order valence-electron chi connectivity index (χ4n) is 5.37. The van der Waals surface area contributed by atoms with Crippen LogP contribution in [0.5, 0.6) is 0 Å². The van der Waals surface area contributed by atoms with Gasteiger partial charge in [-0.25, -0.2) is 9.18 Å².